The standard InChI is InChI=1S/C16H16N2O/c1-10-3-2-4-12(10)16(19)14-9-18-15-7-11(8-17)5-6-13(14)15/h5-7,9-10,12,18H,2-4H2,1H3. The molecule has 0 aliphatic heterocycles. The van der Waals surface area contributed by atoms with Crippen LogP contribution in [0.1, 0.15) is 42.1 Å². The number of hydrogen-bond acceptors (Lipinski definition) is 2. The summed E-state index contributed by atoms with van der Waals surface area (Å²) in [5.41, 5.74) is 2.26. The van der Waals surface area contributed by atoms with E-state index in [1.807, 2.05) is 6.07 Å². The second-order valence-electron chi connectivity index (χ2n) is 5.45. The fraction of sp³-hybridized carbons (Fsp3) is 0.375. The number of benzene rings is 1. The van der Waals surface area contributed by atoms with Crippen molar-refractivity contribution < 1.29 is 4.79 Å². The topological polar surface area (TPSA) is 56.6 Å². The van der Waals surface area contributed by atoms with Crippen molar-refractivity contribution in [2.45, 2.75) is 26.2 Å². The number of carbonyl (C=O) groups excluding carboxylic acids is 1. The predicted molar refractivity (Wildman–Crippen MR) is 73.8 cm³/mol. The minimum Gasteiger partial charge on any atom is -0.360 e. The number of aromatic nitrogens is 1. The first-order chi connectivity index (χ1) is 9.20. The summed E-state index contributed by atoms with van der Waals surface area (Å²) in [7, 11) is 0. The van der Waals surface area contributed by atoms with Gasteiger partial charge in [-0.25, -0.2) is 0 Å². The van der Waals surface area contributed by atoms with Crippen molar-refractivity contribution in [2.24, 2.45) is 11.8 Å². The third-order valence-corrected chi connectivity index (χ3v) is 4.27. The number of carbonyl (C=O) groups is 1. The van der Waals surface area contributed by atoms with Gasteiger partial charge in [0, 0.05) is 28.6 Å². The summed E-state index contributed by atoms with van der Waals surface area (Å²) in [6, 6.07) is 7.55. The minimum absolute atomic E-state index is 0.162. The number of nitriles is 1. The molecule has 0 amide bonds. The molecule has 0 spiro atoms. The molecule has 1 aliphatic carbocycles. The minimum atomic E-state index is 0.162. The molecule has 1 saturated carbocycles. The van der Waals surface area contributed by atoms with Gasteiger partial charge in [-0.1, -0.05) is 19.4 Å². The van der Waals surface area contributed by atoms with Crippen LogP contribution in [0.5, 0.6) is 0 Å². The highest BCUT2D eigenvalue weighted by Crippen LogP contribution is 2.35. The lowest BCUT2D eigenvalue weighted by Crippen LogP contribution is -2.16. The molecule has 3 nitrogen and oxygen atoms in total. The Kier molecular flexibility index (Phi) is 2.87. The fourth-order valence-electron chi connectivity index (χ4n) is 3.13. The number of Topliss-reactive ketones (excluding diaryl/α,β-unsaturated/α-hetero) is 1. The van der Waals surface area contributed by atoms with Crippen molar-refractivity contribution in [3.63, 3.8) is 0 Å². The van der Waals surface area contributed by atoms with Gasteiger partial charge in [-0.15, -0.1) is 0 Å². The van der Waals surface area contributed by atoms with E-state index < -0.39 is 0 Å². The molecule has 3 rings (SSSR count). The Morgan fingerprint density at radius 2 is 2.26 bits per heavy atom. The van der Waals surface area contributed by atoms with Gasteiger partial charge in [0.05, 0.1) is 11.6 Å². The monoisotopic (exact) mass is 252 g/mol. The summed E-state index contributed by atoms with van der Waals surface area (Å²) in [5, 5.41) is 9.82. The molecule has 0 saturated heterocycles. The molecule has 2 aromatic rings. The number of rotatable bonds is 2. The van der Waals surface area contributed by atoms with E-state index in [9.17, 15) is 4.79 Å². The summed E-state index contributed by atoms with van der Waals surface area (Å²) in [5.74, 6) is 0.895. The zero-order valence-corrected chi connectivity index (χ0v) is 10.9. The van der Waals surface area contributed by atoms with Crippen LogP contribution >= 0.6 is 0 Å². The molecule has 0 bridgehead atoms. The van der Waals surface area contributed by atoms with E-state index in [1.54, 1.807) is 18.3 Å². The van der Waals surface area contributed by atoms with Crippen LogP contribution in [0.4, 0.5) is 0 Å². The van der Waals surface area contributed by atoms with Gasteiger partial charge in [0.25, 0.3) is 0 Å². The van der Waals surface area contributed by atoms with Gasteiger partial charge in [-0.2, -0.15) is 5.26 Å². The van der Waals surface area contributed by atoms with E-state index in [1.165, 1.54) is 0 Å². The van der Waals surface area contributed by atoms with E-state index in [4.69, 9.17) is 5.26 Å². The Labute approximate surface area is 112 Å². The molecule has 96 valence electrons. The Morgan fingerprint density at radius 3 is 2.95 bits per heavy atom. The quantitative estimate of drug-likeness (QED) is 0.829. The molecule has 1 N–H and O–H groups in total. The normalized spacial score (nSPS) is 22.5. The highest BCUT2D eigenvalue weighted by Gasteiger charge is 2.31. The molecule has 1 aromatic heterocycles. The Balaban J connectivity index is 2.01. The Morgan fingerprint density at radius 1 is 1.42 bits per heavy atom. The second-order valence-corrected chi connectivity index (χ2v) is 5.45. The van der Waals surface area contributed by atoms with Crippen LogP contribution in [0.25, 0.3) is 10.9 Å². The number of hydrogen-bond donors (Lipinski definition) is 1. The van der Waals surface area contributed by atoms with Crippen LogP contribution < -0.4 is 0 Å². The molecule has 19 heavy (non-hydrogen) atoms. The van der Waals surface area contributed by atoms with Crippen molar-refractivity contribution in [1.29, 1.82) is 5.26 Å². The summed E-state index contributed by atoms with van der Waals surface area (Å²) in [6.45, 7) is 2.16. The number of nitrogens with zero attached hydrogens (tertiary/aromatic N) is 1. The molecule has 0 radical (unpaired) electrons. The summed E-state index contributed by atoms with van der Waals surface area (Å²) in [6.07, 6.45) is 5.10. The molecular weight excluding hydrogens is 236 g/mol. The molecule has 2 atom stereocenters. The fourth-order valence-corrected chi connectivity index (χ4v) is 3.13. The molecule has 1 aliphatic rings. The van der Waals surface area contributed by atoms with Crippen LogP contribution in [-0.4, -0.2) is 10.8 Å². The average molecular weight is 252 g/mol. The van der Waals surface area contributed by atoms with Gasteiger partial charge < -0.3 is 4.98 Å². The van der Waals surface area contributed by atoms with Gasteiger partial charge >= 0.3 is 0 Å². The van der Waals surface area contributed by atoms with E-state index in [0.29, 0.717) is 11.5 Å². The maximum Gasteiger partial charge on any atom is 0.168 e. The van der Waals surface area contributed by atoms with Gasteiger partial charge in [-0.05, 0) is 30.9 Å². The lowest BCUT2D eigenvalue weighted by molar-refractivity contribution is 0.0899. The summed E-state index contributed by atoms with van der Waals surface area (Å²) >= 11 is 0. The Bertz CT molecular complexity index is 678. The van der Waals surface area contributed by atoms with Crippen LogP contribution in [-0.2, 0) is 0 Å². The van der Waals surface area contributed by atoms with Crippen LogP contribution in [0, 0.1) is 23.2 Å². The van der Waals surface area contributed by atoms with Crippen molar-refractivity contribution in [3.05, 3.63) is 35.5 Å². The van der Waals surface area contributed by atoms with Crippen molar-refractivity contribution in [2.75, 3.05) is 0 Å². The van der Waals surface area contributed by atoms with Gasteiger partial charge in [0.2, 0.25) is 0 Å². The van der Waals surface area contributed by atoms with E-state index in [0.717, 1.165) is 35.7 Å². The lowest BCUT2D eigenvalue weighted by Gasteiger charge is -2.13. The maximum absolute atomic E-state index is 12.6. The van der Waals surface area contributed by atoms with Crippen molar-refractivity contribution in [3.8, 4) is 6.07 Å². The third kappa shape index (κ3) is 1.94. The largest absolute Gasteiger partial charge is 0.360 e. The predicted octanol–water partition coefficient (Wildman–Crippen LogP) is 3.66. The highest BCUT2D eigenvalue weighted by molar-refractivity contribution is 6.09. The molecular formula is C16H16N2O. The van der Waals surface area contributed by atoms with Crippen LogP contribution in [0.2, 0.25) is 0 Å². The van der Waals surface area contributed by atoms with Crippen molar-refractivity contribution >= 4 is 16.7 Å². The van der Waals surface area contributed by atoms with Crippen LogP contribution in [0.15, 0.2) is 24.4 Å². The van der Waals surface area contributed by atoms with Crippen molar-refractivity contribution in [1.82, 2.24) is 4.98 Å². The zero-order valence-electron chi connectivity index (χ0n) is 10.9. The average Bonchev–Trinajstić information content (AvgIpc) is 3.03. The first-order valence-electron chi connectivity index (χ1n) is 6.76. The van der Waals surface area contributed by atoms with E-state index >= 15 is 0 Å². The SMILES string of the molecule is CC1CCCC1C(=O)c1c[nH]c2cc(C#N)ccc12. The lowest BCUT2D eigenvalue weighted by atomic mass is 9.89. The van der Waals surface area contributed by atoms with Gasteiger partial charge in [-0.3, -0.25) is 4.79 Å². The zero-order chi connectivity index (χ0) is 13.4. The molecule has 2 unspecified atom stereocenters. The maximum atomic E-state index is 12.6. The highest BCUT2D eigenvalue weighted by atomic mass is 16.1. The number of aromatic amines is 1. The second kappa shape index (κ2) is 4.55. The number of fused-ring (bicyclic) bond motifs is 1. The van der Waals surface area contributed by atoms with Crippen LogP contribution in [0.3, 0.4) is 0 Å². The first kappa shape index (κ1) is 12.0. The first-order valence-corrected chi connectivity index (χ1v) is 6.76. The smallest absolute Gasteiger partial charge is 0.168 e. The molecule has 1 fully saturated rings. The molecule has 1 aromatic carbocycles. The third-order valence-electron chi connectivity index (χ3n) is 4.27. The molecule has 1 heterocycles. The van der Waals surface area contributed by atoms with Gasteiger partial charge in [0.1, 0.15) is 0 Å². The number of ketones is 1. The van der Waals surface area contributed by atoms with E-state index in [-0.39, 0.29) is 11.7 Å². The Hall–Kier alpha value is -2.08. The molecule has 3 heteroatoms. The number of nitrogens with one attached hydrogen (secondary N) is 1. The van der Waals surface area contributed by atoms with E-state index in [2.05, 4.69) is 18.0 Å². The summed E-state index contributed by atoms with van der Waals surface area (Å²) < 4.78 is 0. The van der Waals surface area contributed by atoms with Gasteiger partial charge in [0.15, 0.2) is 5.78 Å². The number of H-pyrrole nitrogens is 1. The summed E-state index contributed by atoms with van der Waals surface area (Å²) in [4.78, 5) is 15.7.